The number of nitrogens with one attached hydrogen (secondary N) is 2. The number of hydroxylamine groups is 2. The van der Waals surface area contributed by atoms with Gasteiger partial charge in [0, 0.05) is 7.05 Å². The van der Waals surface area contributed by atoms with E-state index in [1.54, 1.807) is 7.05 Å². The largest absolute Gasteiger partial charge is 0.357 e. The Labute approximate surface area is 208 Å². The van der Waals surface area contributed by atoms with Crippen LogP contribution in [0.4, 0.5) is 0 Å². The summed E-state index contributed by atoms with van der Waals surface area (Å²) in [6.07, 6.45) is 18.5. The molecular formula is C27H53N3O4. The Hall–Kier alpha value is -1.63. The molecule has 0 aliphatic heterocycles. The number of hydrogen-bond donors (Lipinski definition) is 3. The molecule has 2 atom stereocenters. The molecule has 3 N–H and O–H groups in total. The fraction of sp³-hybridized carbons (Fsp3) is 0.889. The Bertz CT molecular complexity index is 548. The summed E-state index contributed by atoms with van der Waals surface area (Å²) in [5, 5.41) is 15.6. The zero-order chi connectivity index (χ0) is 25.8. The van der Waals surface area contributed by atoms with Crippen LogP contribution in [0.5, 0.6) is 0 Å². The highest BCUT2D eigenvalue weighted by Crippen LogP contribution is 2.21. The van der Waals surface area contributed by atoms with Crippen LogP contribution >= 0.6 is 0 Å². The minimum absolute atomic E-state index is 0.0710. The zero-order valence-corrected chi connectivity index (χ0v) is 22.7. The van der Waals surface area contributed by atoms with Crippen LogP contribution in [0.15, 0.2) is 0 Å². The zero-order valence-electron chi connectivity index (χ0n) is 22.7. The van der Waals surface area contributed by atoms with E-state index >= 15 is 0 Å². The SMILES string of the molecule is CCCCCCCCCCCCCCCCC(CN(O)C=O)C(=O)NC(C(=O)NC)C(C)(C)C. The second kappa shape index (κ2) is 19.7. The van der Waals surface area contributed by atoms with Crippen molar-refractivity contribution in [2.24, 2.45) is 11.3 Å². The van der Waals surface area contributed by atoms with Gasteiger partial charge in [-0.1, -0.05) is 118 Å². The number of carbonyl (C=O) groups is 3. The van der Waals surface area contributed by atoms with E-state index in [9.17, 15) is 19.6 Å². The first-order valence-corrected chi connectivity index (χ1v) is 13.6. The van der Waals surface area contributed by atoms with Gasteiger partial charge >= 0.3 is 0 Å². The number of likely N-dealkylation sites (N-methyl/N-ethyl adjacent to an activating group) is 1. The molecule has 0 aromatic heterocycles. The number of rotatable bonds is 21. The molecule has 0 fully saturated rings. The smallest absolute Gasteiger partial charge is 0.242 e. The van der Waals surface area contributed by atoms with Crippen LogP contribution < -0.4 is 10.6 Å². The highest BCUT2D eigenvalue weighted by Gasteiger charge is 2.34. The Morgan fingerprint density at radius 1 is 0.824 bits per heavy atom. The van der Waals surface area contributed by atoms with E-state index < -0.39 is 17.4 Å². The number of unbranched alkanes of at least 4 members (excludes halogenated alkanes) is 13. The van der Waals surface area contributed by atoms with Crippen molar-refractivity contribution in [1.29, 1.82) is 0 Å². The quantitative estimate of drug-likeness (QED) is 0.0856. The van der Waals surface area contributed by atoms with E-state index in [-0.39, 0.29) is 18.4 Å². The molecule has 0 radical (unpaired) electrons. The molecule has 0 aromatic rings. The summed E-state index contributed by atoms with van der Waals surface area (Å²) in [5.41, 5.74) is -0.459. The van der Waals surface area contributed by atoms with Crippen molar-refractivity contribution in [3.63, 3.8) is 0 Å². The minimum Gasteiger partial charge on any atom is -0.357 e. The molecule has 0 saturated heterocycles. The second-order valence-corrected chi connectivity index (χ2v) is 10.7. The average molecular weight is 484 g/mol. The lowest BCUT2D eigenvalue weighted by molar-refractivity contribution is -0.155. The standard InChI is InChI=1S/C27H53N3O4/c1-6-7-8-9-10-11-12-13-14-15-16-17-18-19-20-23(21-30(34)22-31)25(32)29-24(26(33)28-5)27(2,3)4/h22-24,34H,6-21H2,1-5H3,(H,28,33)(H,29,32). The molecule has 0 heterocycles. The van der Waals surface area contributed by atoms with Crippen LogP contribution in [0.25, 0.3) is 0 Å². The molecule has 2 unspecified atom stereocenters. The fourth-order valence-electron chi connectivity index (χ4n) is 4.24. The molecule has 0 aliphatic rings. The van der Waals surface area contributed by atoms with Crippen molar-refractivity contribution in [2.45, 2.75) is 130 Å². The van der Waals surface area contributed by atoms with Gasteiger partial charge < -0.3 is 10.6 Å². The lowest BCUT2D eigenvalue weighted by Gasteiger charge is -2.31. The van der Waals surface area contributed by atoms with Gasteiger partial charge in [-0.15, -0.1) is 0 Å². The lowest BCUT2D eigenvalue weighted by Crippen LogP contribution is -2.54. The van der Waals surface area contributed by atoms with Crippen LogP contribution in [0.3, 0.4) is 0 Å². The molecule has 0 rings (SSSR count). The number of nitrogens with zero attached hydrogens (tertiary/aromatic N) is 1. The number of hydrogen-bond acceptors (Lipinski definition) is 4. The molecule has 7 nitrogen and oxygen atoms in total. The topological polar surface area (TPSA) is 98.7 Å². The second-order valence-electron chi connectivity index (χ2n) is 10.7. The van der Waals surface area contributed by atoms with Gasteiger partial charge in [-0.25, -0.2) is 5.06 Å². The van der Waals surface area contributed by atoms with E-state index in [4.69, 9.17) is 0 Å². The van der Waals surface area contributed by atoms with E-state index in [2.05, 4.69) is 17.6 Å². The minimum atomic E-state index is -0.688. The lowest BCUT2D eigenvalue weighted by atomic mass is 9.85. The van der Waals surface area contributed by atoms with Crippen molar-refractivity contribution in [3.05, 3.63) is 0 Å². The maximum absolute atomic E-state index is 12.9. The van der Waals surface area contributed by atoms with Crippen LogP contribution in [-0.4, -0.2) is 48.1 Å². The predicted molar refractivity (Wildman–Crippen MR) is 138 cm³/mol. The van der Waals surface area contributed by atoms with E-state index in [0.29, 0.717) is 17.9 Å². The molecule has 0 aromatic carbocycles. The summed E-state index contributed by atoms with van der Waals surface area (Å²) < 4.78 is 0. The third kappa shape index (κ3) is 16.1. The number of amides is 3. The van der Waals surface area contributed by atoms with Crippen molar-refractivity contribution >= 4 is 18.2 Å². The highest BCUT2D eigenvalue weighted by molar-refractivity contribution is 5.89. The molecule has 0 spiro atoms. The normalized spacial score (nSPS) is 13.2. The van der Waals surface area contributed by atoms with Gasteiger partial charge in [-0.05, 0) is 11.8 Å². The van der Waals surface area contributed by atoms with Crippen molar-refractivity contribution in [2.75, 3.05) is 13.6 Å². The average Bonchev–Trinajstić information content (AvgIpc) is 2.80. The Morgan fingerprint density at radius 2 is 1.26 bits per heavy atom. The molecule has 0 aliphatic carbocycles. The first kappa shape index (κ1) is 32.4. The summed E-state index contributed by atoms with van der Waals surface area (Å²) in [5.74, 6) is -1.12. The third-order valence-electron chi connectivity index (χ3n) is 6.47. The van der Waals surface area contributed by atoms with Crippen molar-refractivity contribution in [3.8, 4) is 0 Å². The van der Waals surface area contributed by atoms with Gasteiger partial charge in [0.1, 0.15) is 6.04 Å². The molecule has 3 amide bonds. The highest BCUT2D eigenvalue weighted by atomic mass is 16.5. The van der Waals surface area contributed by atoms with Crippen LogP contribution in [0.2, 0.25) is 0 Å². The molecule has 34 heavy (non-hydrogen) atoms. The Balaban J connectivity index is 4.25. The fourth-order valence-corrected chi connectivity index (χ4v) is 4.24. The van der Waals surface area contributed by atoms with Crippen LogP contribution in [0, 0.1) is 11.3 Å². The van der Waals surface area contributed by atoms with Gasteiger partial charge in [0.2, 0.25) is 18.2 Å². The molecule has 0 saturated carbocycles. The van der Waals surface area contributed by atoms with Gasteiger partial charge in [-0.2, -0.15) is 0 Å². The van der Waals surface area contributed by atoms with Gasteiger partial charge in [-0.3, -0.25) is 19.6 Å². The predicted octanol–water partition coefficient (Wildman–Crippen LogP) is 5.60. The molecule has 0 bridgehead atoms. The number of carbonyl (C=O) groups excluding carboxylic acids is 3. The monoisotopic (exact) mass is 483 g/mol. The summed E-state index contributed by atoms with van der Waals surface area (Å²) >= 11 is 0. The van der Waals surface area contributed by atoms with E-state index in [1.165, 1.54) is 70.6 Å². The summed E-state index contributed by atoms with van der Waals surface area (Å²) in [6.45, 7) is 7.85. The molecular weight excluding hydrogens is 430 g/mol. The maximum atomic E-state index is 12.9. The van der Waals surface area contributed by atoms with Gasteiger partial charge in [0.15, 0.2) is 0 Å². The summed E-state index contributed by atoms with van der Waals surface area (Å²) in [4.78, 5) is 36.0. The molecule has 200 valence electrons. The third-order valence-corrected chi connectivity index (χ3v) is 6.47. The first-order valence-electron chi connectivity index (χ1n) is 13.6. The summed E-state index contributed by atoms with van der Waals surface area (Å²) in [6, 6.07) is -0.688. The molecule has 7 heteroatoms. The Kier molecular flexibility index (Phi) is 18.7. The maximum Gasteiger partial charge on any atom is 0.242 e. The van der Waals surface area contributed by atoms with Crippen molar-refractivity contribution < 1.29 is 19.6 Å². The van der Waals surface area contributed by atoms with Crippen LogP contribution in [0.1, 0.15) is 124 Å². The Morgan fingerprint density at radius 3 is 1.65 bits per heavy atom. The van der Waals surface area contributed by atoms with E-state index in [1.807, 2.05) is 20.8 Å². The summed E-state index contributed by atoms with van der Waals surface area (Å²) in [7, 11) is 1.54. The van der Waals surface area contributed by atoms with Gasteiger partial charge in [0.25, 0.3) is 0 Å². The van der Waals surface area contributed by atoms with E-state index in [0.717, 1.165) is 19.3 Å². The van der Waals surface area contributed by atoms with Gasteiger partial charge in [0.05, 0.1) is 12.5 Å². The van der Waals surface area contributed by atoms with Crippen LogP contribution in [-0.2, 0) is 14.4 Å². The first-order chi connectivity index (χ1) is 16.2. The van der Waals surface area contributed by atoms with Crippen molar-refractivity contribution in [1.82, 2.24) is 15.7 Å².